The van der Waals surface area contributed by atoms with E-state index in [2.05, 4.69) is 12.1 Å². The largest absolute Gasteiger partial charge is 0.298 e. The molecule has 74 valence electrons. The Hall–Kier alpha value is -1.11. The van der Waals surface area contributed by atoms with Crippen molar-refractivity contribution in [3.8, 4) is 0 Å². The quantitative estimate of drug-likeness (QED) is 0.662. The molecule has 1 atom stereocenters. The van der Waals surface area contributed by atoms with Crippen LogP contribution in [-0.2, 0) is 11.2 Å². The van der Waals surface area contributed by atoms with Crippen molar-refractivity contribution in [3.63, 3.8) is 0 Å². The van der Waals surface area contributed by atoms with E-state index in [-0.39, 0.29) is 11.3 Å². The number of ketones is 1. The summed E-state index contributed by atoms with van der Waals surface area (Å²) in [5.74, 6) is 0.530. The summed E-state index contributed by atoms with van der Waals surface area (Å²) in [6.45, 7) is 5.99. The van der Waals surface area contributed by atoms with E-state index in [0.717, 1.165) is 6.42 Å². The maximum absolute atomic E-state index is 12.0. The first-order valence-corrected chi connectivity index (χ1v) is 5.12. The van der Waals surface area contributed by atoms with Crippen LogP contribution in [0.3, 0.4) is 0 Å². The molecular formula is C13H16O. The van der Waals surface area contributed by atoms with Crippen molar-refractivity contribution < 1.29 is 4.79 Å². The van der Waals surface area contributed by atoms with Gasteiger partial charge in [-0.15, -0.1) is 0 Å². The molecule has 1 aromatic rings. The SMILES string of the molecule is CC(C)(C)C(=O)C1Cc2ccccc21. The summed E-state index contributed by atoms with van der Waals surface area (Å²) in [5, 5.41) is 0. The molecule has 0 heterocycles. The molecule has 1 unspecified atom stereocenters. The van der Waals surface area contributed by atoms with Gasteiger partial charge in [-0.1, -0.05) is 45.0 Å². The molecule has 0 spiro atoms. The van der Waals surface area contributed by atoms with E-state index in [4.69, 9.17) is 0 Å². The van der Waals surface area contributed by atoms with Gasteiger partial charge in [-0.25, -0.2) is 0 Å². The summed E-state index contributed by atoms with van der Waals surface area (Å²) in [4.78, 5) is 12.0. The zero-order valence-electron chi connectivity index (χ0n) is 9.00. The van der Waals surface area contributed by atoms with Crippen LogP contribution in [0.4, 0.5) is 0 Å². The highest BCUT2D eigenvalue weighted by molar-refractivity contribution is 5.92. The predicted molar refractivity (Wildman–Crippen MR) is 57.3 cm³/mol. The van der Waals surface area contributed by atoms with Crippen LogP contribution < -0.4 is 0 Å². The Morgan fingerprint density at radius 1 is 1.29 bits per heavy atom. The van der Waals surface area contributed by atoms with Gasteiger partial charge in [-0.3, -0.25) is 4.79 Å². The van der Waals surface area contributed by atoms with E-state index in [1.54, 1.807) is 0 Å². The van der Waals surface area contributed by atoms with E-state index in [1.165, 1.54) is 11.1 Å². The second kappa shape index (κ2) is 2.94. The summed E-state index contributed by atoms with van der Waals surface area (Å²) in [7, 11) is 0. The number of hydrogen-bond acceptors (Lipinski definition) is 1. The van der Waals surface area contributed by atoms with E-state index in [9.17, 15) is 4.79 Å². The topological polar surface area (TPSA) is 17.1 Å². The second-order valence-electron chi connectivity index (χ2n) is 5.07. The lowest BCUT2D eigenvalue weighted by molar-refractivity contribution is -0.128. The van der Waals surface area contributed by atoms with Crippen LogP contribution in [0.2, 0.25) is 0 Å². The first-order chi connectivity index (χ1) is 6.50. The molecule has 1 nitrogen and oxygen atoms in total. The Balaban J connectivity index is 2.24. The van der Waals surface area contributed by atoms with E-state index in [1.807, 2.05) is 32.9 Å². The monoisotopic (exact) mass is 188 g/mol. The Labute approximate surface area is 85.1 Å². The number of fused-ring (bicyclic) bond motifs is 1. The first-order valence-electron chi connectivity index (χ1n) is 5.12. The van der Waals surface area contributed by atoms with Crippen LogP contribution in [0.5, 0.6) is 0 Å². The number of Topliss-reactive ketones (excluding diaryl/α,β-unsaturated/α-hetero) is 1. The fraction of sp³-hybridized carbons (Fsp3) is 0.462. The van der Waals surface area contributed by atoms with Gasteiger partial charge >= 0.3 is 0 Å². The summed E-state index contributed by atoms with van der Waals surface area (Å²) in [6.07, 6.45) is 0.937. The number of rotatable bonds is 1. The molecule has 1 aliphatic rings. The number of benzene rings is 1. The third-order valence-electron chi connectivity index (χ3n) is 2.91. The average Bonchev–Trinajstić information content (AvgIpc) is 2.05. The van der Waals surface area contributed by atoms with Crippen LogP contribution in [-0.4, -0.2) is 5.78 Å². The van der Waals surface area contributed by atoms with Crippen molar-refractivity contribution in [3.05, 3.63) is 35.4 Å². The van der Waals surface area contributed by atoms with Crippen molar-refractivity contribution in [1.29, 1.82) is 0 Å². The van der Waals surface area contributed by atoms with Crippen molar-refractivity contribution in [1.82, 2.24) is 0 Å². The highest BCUT2D eigenvalue weighted by atomic mass is 16.1. The molecule has 2 rings (SSSR count). The molecule has 0 amide bonds. The normalized spacial score (nSPS) is 19.8. The Morgan fingerprint density at radius 3 is 2.50 bits per heavy atom. The molecule has 1 aliphatic carbocycles. The molecule has 0 fully saturated rings. The van der Waals surface area contributed by atoms with Crippen molar-refractivity contribution in [2.45, 2.75) is 33.1 Å². The minimum absolute atomic E-state index is 0.159. The van der Waals surface area contributed by atoms with Gasteiger partial charge in [-0.05, 0) is 17.5 Å². The van der Waals surface area contributed by atoms with Crippen molar-refractivity contribution in [2.24, 2.45) is 5.41 Å². The molecule has 0 saturated heterocycles. The lowest BCUT2D eigenvalue weighted by Crippen LogP contribution is -2.33. The van der Waals surface area contributed by atoms with E-state index < -0.39 is 0 Å². The molecule has 0 aliphatic heterocycles. The summed E-state index contributed by atoms with van der Waals surface area (Å²) < 4.78 is 0. The van der Waals surface area contributed by atoms with Crippen LogP contribution >= 0.6 is 0 Å². The zero-order valence-corrected chi connectivity index (χ0v) is 9.00. The predicted octanol–water partition coefficient (Wildman–Crippen LogP) is 2.94. The maximum atomic E-state index is 12.0. The van der Waals surface area contributed by atoms with Crippen LogP contribution in [0.1, 0.15) is 37.8 Å². The lowest BCUT2D eigenvalue weighted by Gasteiger charge is -2.33. The Bertz CT molecular complexity index is 371. The van der Waals surface area contributed by atoms with Gasteiger partial charge in [0.25, 0.3) is 0 Å². The Morgan fingerprint density at radius 2 is 1.93 bits per heavy atom. The fourth-order valence-corrected chi connectivity index (χ4v) is 2.02. The van der Waals surface area contributed by atoms with Crippen molar-refractivity contribution >= 4 is 5.78 Å². The second-order valence-corrected chi connectivity index (χ2v) is 5.07. The zero-order chi connectivity index (χ0) is 10.3. The minimum atomic E-state index is -0.210. The molecular weight excluding hydrogens is 172 g/mol. The van der Waals surface area contributed by atoms with Gasteiger partial charge in [0.05, 0.1) is 0 Å². The average molecular weight is 188 g/mol. The van der Waals surface area contributed by atoms with Gasteiger partial charge in [0.2, 0.25) is 0 Å². The van der Waals surface area contributed by atoms with Crippen LogP contribution in [0.15, 0.2) is 24.3 Å². The smallest absolute Gasteiger partial charge is 0.145 e. The summed E-state index contributed by atoms with van der Waals surface area (Å²) >= 11 is 0. The van der Waals surface area contributed by atoms with Gasteiger partial charge in [0.15, 0.2) is 0 Å². The van der Waals surface area contributed by atoms with Gasteiger partial charge < -0.3 is 0 Å². The molecule has 1 heteroatoms. The third kappa shape index (κ3) is 1.37. The standard InChI is InChI=1S/C13H16O/c1-13(2,3)12(14)11-8-9-6-4-5-7-10(9)11/h4-7,11H,8H2,1-3H3. The molecule has 0 saturated carbocycles. The maximum Gasteiger partial charge on any atom is 0.145 e. The molecule has 14 heavy (non-hydrogen) atoms. The van der Waals surface area contributed by atoms with Gasteiger partial charge in [0, 0.05) is 11.3 Å². The van der Waals surface area contributed by atoms with E-state index >= 15 is 0 Å². The number of carbonyl (C=O) groups is 1. The summed E-state index contributed by atoms with van der Waals surface area (Å²) in [5.41, 5.74) is 2.38. The van der Waals surface area contributed by atoms with E-state index in [0.29, 0.717) is 5.78 Å². The molecule has 0 aromatic heterocycles. The van der Waals surface area contributed by atoms with Crippen LogP contribution in [0.25, 0.3) is 0 Å². The third-order valence-corrected chi connectivity index (χ3v) is 2.91. The van der Waals surface area contributed by atoms with Gasteiger partial charge in [0.1, 0.15) is 5.78 Å². The highest BCUT2D eigenvalue weighted by Gasteiger charge is 2.37. The van der Waals surface area contributed by atoms with Gasteiger partial charge in [-0.2, -0.15) is 0 Å². The lowest BCUT2D eigenvalue weighted by atomic mass is 9.69. The number of hydrogen-bond donors (Lipinski definition) is 0. The highest BCUT2D eigenvalue weighted by Crippen LogP contribution is 2.39. The fourth-order valence-electron chi connectivity index (χ4n) is 2.02. The van der Waals surface area contributed by atoms with Crippen LogP contribution in [0, 0.1) is 5.41 Å². The first kappa shape index (κ1) is 9.45. The minimum Gasteiger partial charge on any atom is -0.298 e. The molecule has 1 aromatic carbocycles. The molecule has 0 radical (unpaired) electrons. The molecule has 0 bridgehead atoms. The summed E-state index contributed by atoms with van der Waals surface area (Å²) in [6, 6.07) is 8.24. The number of carbonyl (C=O) groups excluding carboxylic acids is 1. The van der Waals surface area contributed by atoms with Crippen molar-refractivity contribution in [2.75, 3.05) is 0 Å². The Kier molecular flexibility index (Phi) is 1.99. The molecule has 0 N–H and O–H groups in total.